The van der Waals surface area contributed by atoms with Gasteiger partial charge in [0.05, 0.1) is 16.8 Å². The van der Waals surface area contributed by atoms with Crippen LogP contribution in [0, 0.1) is 0 Å². The largest absolute Gasteiger partial charge is 0.349 e. The van der Waals surface area contributed by atoms with E-state index in [1.54, 1.807) is 11.3 Å². The molecule has 6 rings (SSSR count). The average Bonchev–Trinajstić information content (AvgIpc) is 3.38. The summed E-state index contributed by atoms with van der Waals surface area (Å²) in [5.74, 6) is 0.0806. The van der Waals surface area contributed by atoms with Gasteiger partial charge in [-0.2, -0.15) is 0 Å². The van der Waals surface area contributed by atoms with Gasteiger partial charge in [0, 0.05) is 35.4 Å². The van der Waals surface area contributed by atoms with Gasteiger partial charge in [0.1, 0.15) is 0 Å². The van der Waals surface area contributed by atoms with E-state index >= 15 is 0 Å². The molecule has 2 aliphatic carbocycles. The van der Waals surface area contributed by atoms with Gasteiger partial charge < -0.3 is 10.2 Å². The Morgan fingerprint density at radius 2 is 1.90 bits per heavy atom. The van der Waals surface area contributed by atoms with Gasteiger partial charge in [-0.25, -0.2) is 4.98 Å². The Bertz CT molecular complexity index is 1150. The predicted molar refractivity (Wildman–Crippen MR) is 127 cm³/mol. The van der Waals surface area contributed by atoms with Crippen molar-refractivity contribution in [2.75, 3.05) is 13.1 Å². The Morgan fingerprint density at radius 1 is 1.06 bits per heavy atom. The fraction of sp³-hybridized carbons (Fsp3) is 0.385. The average molecular weight is 430 g/mol. The first kappa shape index (κ1) is 19.2. The number of allylic oxidation sites excluding steroid dienone is 1. The molecule has 158 valence electrons. The number of amides is 1. The van der Waals surface area contributed by atoms with Crippen LogP contribution in [0.4, 0.5) is 0 Å². The lowest BCUT2D eigenvalue weighted by atomic mass is 9.98. The van der Waals surface area contributed by atoms with E-state index in [1.165, 1.54) is 23.3 Å². The zero-order valence-electron chi connectivity index (χ0n) is 17.6. The molecule has 31 heavy (non-hydrogen) atoms. The SMILES string of the molecule is O=C(NC1CCN(C2CC2)CC1)c1c2c(nc3ccccc13)/C(=C\c1cccs1)CC2. The van der Waals surface area contributed by atoms with Crippen LogP contribution in [0.5, 0.6) is 0 Å². The molecular formula is C26H27N3OS. The number of hydrogen-bond donors (Lipinski definition) is 1. The lowest BCUT2D eigenvalue weighted by Gasteiger charge is -2.32. The summed E-state index contributed by atoms with van der Waals surface area (Å²) in [6.45, 7) is 2.22. The molecule has 1 saturated heterocycles. The Balaban J connectivity index is 1.33. The van der Waals surface area contributed by atoms with E-state index in [0.29, 0.717) is 0 Å². The minimum Gasteiger partial charge on any atom is -0.349 e. The van der Waals surface area contributed by atoms with Crippen molar-refractivity contribution in [2.24, 2.45) is 0 Å². The second-order valence-electron chi connectivity index (χ2n) is 9.03. The van der Waals surface area contributed by atoms with Crippen LogP contribution in [0.3, 0.4) is 0 Å². The first-order valence-electron chi connectivity index (χ1n) is 11.5. The summed E-state index contributed by atoms with van der Waals surface area (Å²) in [4.78, 5) is 22.4. The van der Waals surface area contributed by atoms with Crippen molar-refractivity contribution in [3.8, 4) is 0 Å². The Hall–Kier alpha value is -2.50. The molecule has 2 fully saturated rings. The van der Waals surface area contributed by atoms with E-state index in [1.807, 2.05) is 24.3 Å². The number of nitrogens with one attached hydrogen (secondary N) is 1. The third-order valence-electron chi connectivity index (χ3n) is 6.96. The standard InChI is InChI=1S/C26H27N3OS/c30-26(27-18-11-13-29(14-12-18)19-8-9-19)24-21-5-1-2-6-23(21)28-25-17(7-10-22(24)25)16-20-4-3-15-31-20/h1-6,15-16,18-19H,7-14H2,(H,27,30)/b17-16-. The highest BCUT2D eigenvalue weighted by Crippen LogP contribution is 2.38. The first-order chi connectivity index (χ1) is 15.3. The lowest BCUT2D eigenvalue weighted by molar-refractivity contribution is 0.0910. The second-order valence-corrected chi connectivity index (χ2v) is 10.0. The molecule has 3 heterocycles. The van der Waals surface area contributed by atoms with Crippen LogP contribution in [0.2, 0.25) is 0 Å². The molecule has 0 atom stereocenters. The molecule has 0 spiro atoms. The van der Waals surface area contributed by atoms with Crippen LogP contribution < -0.4 is 5.32 Å². The summed E-state index contributed by atoms with van der Waals surface area (Å²) < 4.78 is 0. The number of carbonyl (C=O) groups excluding carboxylic acids is 1. The second kappa shape index (κ2) is 7.88. The van der Waals surface area contributed by atoms with E-state index in [2.05, 4.69) is 33.8 Å². The molecule has 0 bridgehead atoms. The number of thiophene rings is 1. The van der Waals surface area contributed by atoms with E-state index < -0.39 is 0 Å². The number of aromatic nitrogens is 1. The number of benzene rings is 1. The Kier molecular flexibility index (Phi) is 4.88. The highest BCUT2D eigenvalue weighted by molar-refractivity contribution is 7.10. The van der Waals surface area contributed by atoms with E-state index in [-0.39, 0.29) is 11.9 Å². The molecule has 1 N–H and O–H groups in total. The third kappa shape index (κ3) is 3.70. The molecule has 1 saturated carbocycles. The summed E-state index contributed by atoms with van der Waals surface area (Å²) in [5, 5.41) is 6.47. The molecular weight excluding hydrogens is 402 g/mol. The summed E-state index contributed by atoms with van der Waals surface area (Å²) >= 11 is 1.74. The van der Waals surface area contributed by atoms with Crippen molar-refractivity contribution in [3.63, 3.8) is 0 Å². The van der Waals surface area contributed by atoms with E-state index in [4.69, 9.17) is 4.98 Å². The molecule has 3 aromatic rings. The number of para-hydroxylation sites is 1. The summed E-state index contributed by atoms with van der Waals surface area (Å²) in [7, 11) is 0. The zero-order valence-corrected chi connectivity index (χ0v) is 18.5. The summed E-state index contributed by atoms with van der Waals surface area (Å²) in [6, 6.07) is 13.4. The van der Waals surface area contributed by atoms with Gasteiger partial charge >= 0.3 is 0 Å². The number of hydrogen-bond acceptors (Lipinski definition) is 4. The summed E-state index contributed by atoms with van der Waals surface area (Å²) in [6.07, 6.45) is 8.88. The minimum atomic E-state index is 0.0806. The van der Waals surface area contributed by atoms with Gasteiger partial charge in [0.2, 0.25) is 0 Å². The zero-order chi connectivity index (χ0) is 20.8. The van der Waals surface area contributed by atoms with Crippen molar-refractivity contribution in [1.82, 2.24) is 15.2 Å². The maximum Gasteiger partial charge on any atom is 0.252 e. The fourth-order valence-corrected chi connectivity index (χ4v) is 5.87. The van der Waals surface area contributed by atoms with Gasteiger partial charge in [-0.15, -0.1) is 11.3 Å². The van der Waals surface area contributed by atoms with Gasteiger partial charge in [0.25, 0.3) is 5.91 Å². The van der Waals surface area contributed by atoms with Crippen LogP contribution in [-0.2, 0) is 6.42 Å². The smallest absolute Gasteiger partial charge is 0.252 e. The van der Waals surface area contributed by atoms with Crippen molar-refractivity contribution >= 4 is 39.8 Å². The fourth-order valence-electron chi connectivity index (χ4n) is 5.19. The summed E-state index contributed by atoms with van der Waals surface area (Å²) in [5.41, 5.74) is 5.14. The lowest BCUT2D eigenvalue weighted by Crippen LogP contribution is -2.45. The number of rotatable bonds is 4. The molecule has 3 aliphatic rings. The highest BCUT2D eigenvalue weighted by Gasteiger charge is 2.33. The monoisotopic (exact) mass is 429 g/mol. The van der Waals surface area contributed by atoms with E-state index in [9.17, 15) is 4.79 Å². The van der Waals surface area contributed by atoms with Crippen LogP contribution in [0.25, 0.3) is 22.6 Å². The van der Waals surface area contributed by atoms with Crippen molar-refractivity contribution in [3.05, 3.63) is 63.5 Å². The Labute approximate surface area is 187 Å². The topological polar surface area (TPSA) is 45.2 Å². The number of likely N-dealkylation sites (tertiary alicyclic amines) is 1. The molecule has 5 heteroatoms. The van der Waals surface area contributed by atoms with Crippen molar-refractivity contribution in [2.45, 2.75) is 50.6 Å². The molecule has 1 aromatic carbocycles. The number of nitrogens with zero attached hydrogens (tertiary/aromatic N) is 2. The normalized spacial score (nSPS) is 21.0. The molecule has 2 aromatic heterocycles. The van der Waals surface area contributed by atoms with Crippen LogP contribution in [0.15, 0.2) is 41.8 Å². The van der Waals surface area contributed by atoms with Gasteiger partial charge in [0.15, 0.2) is 0 Å². The number of pyridine rings is 1. The number of fused-ring (bicyclic) bond motifs is 2. The predicted octanol–water partition coefficient (Wildman–Crippen LogP) is 5.14. The number of piperidine rings is 1. The quantitative estimate of drug-likeness (QED) is 0.625. The molecule has 1 aliphatic heterocycles. The molecule has 0 unspecified atom stereocenters. The van der Waals surface area contributed by atoms with Gasteiger partial charge in [-0.05, 0) is 73.3 Å². The molecule has 0 radical (unpaired) electrons. The third-order valence-corrected chi connectivity index (χ3v) is 7.78. The first-order valence-corrected chi connectivity index (χ1v) is 12.4. The molecule has 1 amide bonds. The van der Waals surface area contributed by atoms with E-state index in [0.717, 1.165) is 72.5 Å². The van der Waals surface area contributed by atoms with Crippen molar-refractivity contribution in [1.29, 1.82) is 0 Å². The maximum atomic E-state index is 13.6. The van der Waals surface area contributed by atoms with Crippen LogP contribution in [-0.4, -0.2) is 41.0 Å². The molecule has 4 nitrogen and oxygen atoms in total. The van der Waals surface area contributed by atoms with Crippen LogP contribution >= 0.6 is 11.3 Å². The number of carbonyl (C=O) groups is 1. The maximum absolute atomic E-state index is 13.6. The van der Waals surface area contributed by atoms with Crippen LogP contribution in [0.1, 0.15) is 58.6 Å². The highest BCUT2D eigenvalue weighted by atomic mass is 32.1. The van der Waals surface area contributed by atoms with Gasteiger partial charge in [-0.1, -0.05) is 24.3 Å². The van der Waals surface area contributed by atoms with Gasteiger partial charge in [-0.3, -0.25) is 4.79 Å². The van der Waals surface area contributed by atoms with Crippen molar-refractivity contribution < 1.29 is 4.79 Å². The minimum absolute atomic E-state index is 0.0806. The Morgan fingerprint density at radius 3 is 2.68 bits per heavy atom.